The predicted octanol–water partition coefficient (Wildman–Crippen LogP) is 2.60. The molecule has 1 aromatic rings. The Kier molecular flexibility index (Phi) is 4.27. The van der Waals surface area contributed by atoms with Crippen LogP contribution in [0.2, 0.25) is 0 Å². The highest BCUT2D eigenvalue weighted by Gasteiger charge is 2.37. The lowest BCUT2D eigenvalue weighted by Crippen LogP contribution is -2.36. The standard InChI is InChI=1S/C12H14BrFO3/c1-7(11(15)17-3)12(2,16)9-5-4-8(14)6-10(9)13/h4-7,16H,1-3H3. The topological polar surface area (TPSA) is 46.5 Å². The number of aliphatic hydroxyl groups is 1. The van der Waals surface area contributed by atoms with Crippen LogP contribution in [0.1, 0.15) is 19.4 Å². The van der Waals surface area contributed by atoms with E-state index in [1.165, 1.54) is 32.2 Å². The first-order chi connectivity index (χ1) is 7.80. The van der Waals surface area contributed by atoms with E-state index in [1.54, 1.807) is 6.92 Å². The second-order valence-corrected chi connectivity index (χ2v) is 4.87. The summed E-state index contributed by atoms with van der Waals surface area (Å²) in [5.41, 5.74) is -0.989. The number of halogens is 2. The van der Waals surface area contributed by atoms with Crippen molar-refractivity contribution in [2.45, 2.75) is 19.4 Å². The van der Waals surface area contributed by atoms with Crippen LogP contribution in [-0.2, 0) is 15.1 Å². The molecule has 0 aliphatic carbocycles. The Labute approximate surface area is 108 Å². The minimum Gasteiger partial charge on any atom is -0.469 e. The van der Waals surface area contributed by atoms with Gasteiger partial charge in [-0.2, -0.15) is 0 Å². The summed E-state index contributed by atoms with van der Waals surface area (Å²) < 4.78 is 18.0. The Bertz CT molecular complexity index is 432. The number of carbonyl (C=O) groups is 1. The molecule has 1 rings (SSSR count). The Morgan fingerprint density at radius 3 is 2.65 bits per heavy atom. The normalized spacial score (nSPS) is 16.1. The van der Waals surface area contributed by atoms with E-state index in [2.05, 4.69) is 20.7 Å². The number of carbonyl (C=O) groups excluding carboxylic acids is 1. The van der Waals surface area contributed by atoms with E-state index in [-0.39, 0.29) is 0 Å². The summed E-state index contributed by atoms with van der Waals surface area (Å²) in [6, 6.07) is 3.92. The van der Waals surface area contributed by atoms with Crippen LogP contribution < -0.4 is 0 Å². The maximum Gasteiger partial charge on any atom is 0.311 e. The number of benzene rings is 1. The first-order valence-electron chi connectivity index (χ1n) is 5.06. The molecule has 1 N–H and O–H groups in total. The highest BCUT2D eigenvalue weighted by atomic mass is 79.9. The lowest BCUT2D eigenvalue weighted by Gasteiger charge is -2.29. The molecule has 94 valence electrons. The molecule has 0 amide bonds. The van der Waals surface area contributed by atoms with Crippen molar-refractivity contribution in [2.75, 3.05) is 7.11 Å². The minimum absolute atomic E-state index is 0.415. The maximum atomic E-state index is 13.0. The average Bonchev–Trinajstić information content (AvgIpc) is 2.26. The molecule has 0 bridgehead atoms. The van der Waals surface area contributed by atoms with Crippen LogP contribution >= 0.6 is 15.9 Å². The Morgan fingerprint density at radius 1 is 1.59 bits per heavy atom. The zero-order valence-corrected chi connectivity index (χ0v) is 11.4. The van der Waals surface area contributed by atoms with Gasteiger partial charge < -0.3 is 9.84 Å². The Morgan fingerprint density at radius 2 is 2.18 bits per heavy atom. The molecule has 3 nitrogen and oxygen atoms in total. The van der Waals surface area contributed by atoms with Gasteiger partial charge in [0.05, 0.1) is 13.0 Å². The first-order valence-corrected chi connectivity index (χ1v) is 5.85. The van der Waals surface area contributed by atoms with Gasteiger partial charge in [0.2, 0.25) is 0 Å². The number of hydrogen-bond donors (Lipinski definition) is 1. The molecule has 0 fully saturated rings. The third kappa shape index (κ3) is 2.84. The van der Waals surface area contributed by atoms with E-state index in [0.29, 0.717) is 10.0 Å². The maximum absolute atomic E-state index is 13.0. The first kappa shape index (κ1) is 14.1. The summed E-state index contributed by atoms with van der Waals surface area (Å²) in [7, 11) is 1.26. The van der Waals surface area contributed by atoms with Gasteiger partial charge in [-0.15, -0.1) is 0 Å². The van der Waals surface area contributed by atoms with Gasteiger partial charge in [-0.05, 0) is 31.5 Å². The molecule has 0 aromatic heterocycles. The fourth-order valence-electron chi connectivity index (χ4n) is 1.54. The zero-order chi connectivity index (χ0) is 13.2. The molecule has 2 unspecified atom stereocenters. The van der Waals surface area contributed by atoms with E-state index < -0.39 is 23.3 Å². The third-order valence-corrected chi connectivity index (χ3v) is 3.53. The highest BCUT2D eigenvalue weighted by Crippen LogP contribution is 2.35. The van der Waals surface area contributed by atoms with Crippen molar-refractivity contribution in [1.29, 1.82) is 0 Å². The quantitative estimate of drug-likeness (QED) is 0.873. The Balaban J connectivity index is 3.16. The van der Waals surface area contributed by atoms with Crippen molar-refractivity contribution >= 4 is 21.9 Å². The van der Waals surface area contributed by atoms with Gasteiger partial charge in [0, 0.05) is 4.47 Å². The monoisotopic (exact) mass is 304 g/mol. The van der Waals surface area contributed by atoms with E-state index in [0.717, 1.165) is 0 Å². The van der Waals surface area contributed by atoms with Gasteiger partial charge in [-0.3, -0.25) is 4.79 Å². The lowest BCUT2D eigenvalue weighted by molar-refractivity contribution is -0.154. The highest BCUT2D eigenvalue weighted by molar-refractivity contribution is 9.10. The second kappa shape index (κ2) is 5.14. The van der Waals surface area contributed by atoms with Crippen LogP contribution in [-0.4, -0.2) is 18.2 Å². The summed E-state index contributed by atoms with van der Waals surface area (Å²) in [5.74, 6) is -1.69. The molecule has 0 aliphatic rings. The van der Waals surface area contributed by atoms with Gasteiger partial charge >= 0.3 is 5.97 Å². The van der Waals surface area contributed by atoms with Crippen molar-refractivity contribution in [2.24, 2.45) is 5.92 Å². The van der Waals surface area contributed by atoms with Crippen LogP contribution in [0.25, 0.3) is 0 Å². The molecular weight excluding hydrogens is 291 g/mol. The van der Waals surface area contributed by atoms with Crippen molar-refractivity contribution in [3.05, 3.63) is 34.1 Å². The molecule has 2 atom stereocenters. The summed E-state index contributed by atoms with van der Waals surface area (Å²) in [4.78, 5) is 11.4. The van der Waals surface area contributed by atoms with Gasteiger partial charge in [0.15, 0.2) is 0 Å². The average molecular weight is 305 g/mol. The molecular formula is C12H14BrFO3. The Hall–Kier alpha value is -0.940. The van der Waals surface area contributed by atoms with E-state index in [9.17, 15) is 14.3 Å². The molecule has 0 spiro atoms. The van der Waals surface area contributed by atoms with Crippen molar-refractivity contribution in [1.82, 2.24) is 0 Å². The number of hydrogen-bond acceptors (Lipinski definition) is 3. The van der Waals surface area contributed by atoms with Crippen LogP contribution in [0.15, 0.2) is 22.7 Å². The van der Waals surface area contributed by atoms with Crippen LogP contribution in [0.3, 0.4) is 0 Å². The van der Waals surface area contributed by atoms with Crippen LogP contribution in [0.4, 0.5) is 4.39 Å². The molecule has 5 heteroatoms. The smallest absolute Gasteiger partial charge is 0.311 e. The summed E-state index contributed by atoms with van der Waals surface area (Å²) >= 11 is 3.17. The predicted molar refractivity (Wildman–Crippen MR) is 64.9 cm³/mol. The lowest BCUT2D eigenvalue weighted by atomic mass is 9.84. The minimum atomic E-state index is -1.43. The molecule has 1 aromatic carbocycles. The summed E-state index contributed by atoms with van der Waals surface area (Å²) in [6.07, 6.45) is 0. The number of esters is 1. The van der Waals surface area contributed by atoms with Gasteiger partial charge in [0.25, 0.3) is 0 Å². The van der Waals surface area contributed by atoms with E-state index >= 15 is 0 Å². The van der Waals surface area contributed by atoms with Gasteiger partial charge in [-0.1, -0.05) is 22.0 Å². The van der Waals surface area contributed by atoms with Gasteiger partial charge in [-0.25, -0.2) is 4.39 Å². The third-order valence-electron chi connectivity index (χ3n) is 2.87. The fraction of sp³-hybridized carbons (Fsp3) is 0.417. The number of methoxy groups -OCH3 is 1. The molecule has 0 aliphatic heterocycles. The van der Waals surface area contributed by atoms with E-state index in [1.807, 2.05) is 0 Å². The SMILES string of the molecule is COC(=O)C(C)C(C)(O)c1ccc(F)cc1Br. The van der Waals surface area contributed by atoms with Gasteiger partial charge in [0.1, 0.15) is 11.4 Å². The number of ether oxygens (including phenoxy) is 1. The van der Waals surface area contributed by atoms with Crippen molar-refractivity contribution in [3.63, 3.8) is 0 Å². The molecule has 0 saturated carbocycles. The van der Waals surface area contributed by atoms with Crippen molar-refractivity contribution in [3.8, 4) is 0 Å². The molecule has 17 heavy (non-hydrogen) atoms. The fourth-order valence-corrected chi connectivity index (χ4v) is 2.29. The molecule has 0 radical (unpaired) electrons. The number of rotatable bonds is 3. The molecule has 0 saturated heterocycles. The van der Waals surface area contributed by atoms with Crippen LogP contribution in [0, 0.1) is 11.7 Å². The largest absolute Gasteiger partial charge is 0.469 e. The molecule has 0 heterocycles. The summed E-state index contributed by atoms with van der Waals surface area (Å²) in [6.45, 7) is 3.05. The summed E-state index contributed by atoms with van der Waals surface area (Å²) in [5, 5.41) is 10.4. The van der Waals surface area contributed by atoms with Crippen molar-refractivity contribution < 1.29 is 19.0 Å². The zero-order valence-electron chi connectivity index (χ0n) is 9.83. The van der Waals surface area contributed by atoms with E-state index in [4.69, 9.17) is 0 Å². The van der Waals surface area contributed by atoms with Crippen LogP contribution in [0.5, 0.6) is 0 Å². The second-order valence-electron chi connectivity index (χ2n) is 4.02.